The first-order valence-corrected chi connectivity index (χ1v) is 6.99. The maximum Gasteiger partial charge on any atom is 0.0381 e. The molecule has 0 aromatic heterocycles. The Morgan fingerprint density at radius 3 is 2.11 bits per heavy atom. The molecule has 0 aliphatic carbocycles. The first kappa shape index (κ1) is 15.2. The zero-order chi connectivity index (χ0) is 13.6. The van der Waals surface area contributed by atoms with E-state index in [1.54, 1.807) is 0 Å². The van der Waals surface area contributed by atoms with Crippen LogP contribution in [0.5, 0.6) is 0 Å². The topological polar surface area (TPSA) is 15.3 Å². The predicted molar refractivity (Wildman–Crippen MR) is 79.8 cm³/mol. The SMILES string of the molecule is CCN(CC)CC(C)(C)C(NC)c1ccccc1. The molecule has 1 rings (SSSR count). The van der Waals surface area contributed by atoms with Crippen LogP contribution in [-0.2, 0) is 0 Å². The second-order valence-electron chi connectivity index (χ2n) is 5.58. The van der Waals surface area contributed by atoms with Gasteiger partial charge in [0, 0.05) is 12.6 Å². The molecule has 0 saturated carbocycles. The van der Waals surface area contributed by atoms with Crippen LogP contribution in [-0.4, -0.2) is 31.6 Å². The summed E-state index contributed by atoms with van der Waals surface area (Å²) in [6, 6.07) is 11.1. The molecule has 0 saturated heterocycles. The molecule has 2 heteroatoms. The summed E-state index contributed by atoms with van der Waals surface area (Å²) in [4.78, 5) is 2.49. The number of hydrogen-bond donors (Lipinski definition) is 1. The van der Waals surface area contributed by atoms with Gasteiger partial charge in [0.2, 0.25) is 0 Å². The van der Waals surface area contributed by atoms with Gasteiger partial charge in [0.05, 0.1) is 0 Å². The van der Waals surface area contributed by atoms with Crippen molar-refractivity contribution in [3.05, 3.63) is 35.9 Å². The maximum absolute atomic E-state index is 3.49. The zero-order valence-electron chi connectivity index (χ0n) is 12.5. The molecule has 0 heterocycles. The zero-order valence-corrected chi connectivity index (χ0v) is 12.5. The van der Waals surface area contributed by atoms with Gasteiger partial charge in [0.15, 0.2) is 0 Å². The maximum atomic E-state index is 3.49. The van der Waals surface area contributed by atoms with Gasteiger partial charge in [0.25, 0.3) is 0 Å². The summed E-state index contributed by atoms with van der Waals surface area (Å²) in [7, 11) is 2.06. The fourth-order valence-corrected chi connectivity index (χ4v) is 2.77. The summed E-state index contributed by atoms with van der Waals surface area (Å²) in [5.74, 6) is 0. The lowest BCUT2D eigenvalue weighted by atomic mass is 9.80. The van der Waals surface area contributed by atoms with E-state index in [2.05, 4.69) is 75.3 Å². The Morgan fingerprint density at radius 1 is 1.11 bits per heavy atom. The minimum absolute atomic E-state index is 0.210. The van der Waals surface area contributed by atoms with E-state index in [4.69, 9.17) is 0 Å². The van der Waals surface area contributed by atoms with Gasteiger partial charge in [-0.2, -0.15) is 0 Å². The molecule has 0 aliphatic heterocycles. The molecular weight excluding hydrogens is 220 g/mol. The van der Waals surface area contributed by atoms with Gasteiger partial charge in [-0.05, 0) is 31.1 Å². The Kier molecular flexibility index (Phi) is 5.83. The summed E-state index contributed by atoms with van der Waals surface area (Å²) >= 11 is 0. The standard InChI is InChI=1S/C16H28N2/c1-6-18(7-2)13-16(3,4)15(17-5)14-11-9-8-10-12-14/h8-12,15,17H,6-7,13H2,1-5H3. The molecule has 0 aliphatic rings. The molecule has 1 aromatic rings. The summed E-state index contributed by atoms with van der Waals surface area (Å²) in [6.45, 7) is 12.5. The van der Waals surface area contributed by atoms with E-state index in [0.717, 1.165) is 19.6 Å². The first-order valence-electron chi connectivity index (χ1n) is 6.99. The highest BCUT2D eigenvalue weighted by molar-refractivity contribution is 5.21. The molecule has 1 atom stereocenters. The molecular formula is C16H28N2. The van der Waals surface area contributed by atoms with Crippen LogP contribution in [0.1, 0.15) is 39.3 Å². The summed E-state index contributed by atoms with van der Waals surface area (Å²) in [5, 5.41) is 3.49. The van der Waals surface area contributed by atoms with Gasteiger partial charge >= 0.3 is 0 Å². The quantitative estimate of drug-likeness (QED) is 0.796. The van der Waals surface area contributed by atoms with Crippen molar-refractivity contribution < 1.29 is 0 Å². The van der Waals surface area contributed by atoms with E-state index in [1.807, 2.05) is 0 Å². The predicted octanol–water partition coefficient (Wildman–Crippen LogP) is 3.32. The lowest BCUT2D eigenvalue weighted by Gasteiger charge is -2.38. The van der Waals surface area contributed by atoms with Crippen LogP contribution in [0.2, 0.25) is 0 Å². The first-order chi connectivity index (χ1) is 8.55. The van der Waals surface area contributed by atoms with Gasteiger partial charge in [-0.3, -0.25) is 0 Å². The third kappa shape index (κ3) is 3.82. The van der Waals surface area contributed by atoms with Crippen LogP contribution >= 0.6 is 0 Å². The molecule has 0 radical (unpaired) electrons. The molecule has 1 aromatic carbocycles. The Bertz CT molecular complexity index is 328. The lowest BCUT2D eigenvalue weighted by molar-refractivity contribution is 0.149. The van der Waals surface area contributed by atoms with Crippen molar-refractivity contribution in [1.29, 1.82) is 0 Å². The van der Waals surface area contributed by atoms with E-state index < -0.39 is 0 Å². The van der Waals surface area contributed by atoms with Gasteiger partial charge < -0.3 is 10.2 Å². The Labute approximate surface area is 112 Å². The lowest BCUT2D eigenvalue weighted by Crippen LogP contribution is -2.42. The van der Waals surface area contributed by atoms with E-state index in [-0.39, 0.29) is 5.41 Å². The van der Waals surface area contributed by atoms with Crippen molar-refractivity contribution in [3.8, 4) is 0 Å². The summed E-state index contributed by atoms with van der Waals surface area (Å²) in [6.07, 6.45) is 0. The van der Waals surface area contributed by atoms with Gasteiger partial charge in [-0.15, -0.1) is 0 Å². The van der Waals surface area contributed by atoms with Gasteiger partial charge in [-0.1, -0.05) is 58.0 Å². The second kappa shape index (κ2) is 6.91. The third-order valence-electron chi connectivity index (χ3n) is 3.73. The monoisotopic (exact) mass is 248 g/mol. The Hall–Kier alpha value is -0.860. The molecule has 0 spiro atoms. The van der Waals surface area contributed by atoms with Crippen LogP contribution in [0.25, 0.3) is 0 Å². The number of rotatable bonds is 7. The molecule has 102 valence electrons. The van der Waals surface area contributed by atoms with E-state index in [9.17, 15) is 0 Å². The van der Waals surface area contributed by atoms with E-state index in [1.165, 1.54) is 5.56 Å². The normalized spacial score (nSPS) is 13.9. The summed E-state index contributed by atoms with van der Waals surface area (Å²) < 4.78 is 0. The fourth-order valence-electron chi connectivity index (χ4n) is 2.77. The smallest absolute Gasteiger partial charge is 0.0381 e. The Morgan fingerprint density at radius 2 is 1.67 bits per heavy atom. The minimum Gasteiger partial charge on any atom is -0.313 e. The molecule has 18 heavy (non-hydrogen) atoms. The van der Waals surface area contributed by atoms with Crippen molar-refractivity contribution >= 4 is 0 Å². The molecule has 1 N–H and O–H groups in total. The third-order valence-corrected chi connectivity index (χ3v) is 3.73. The van der Waals surface area contributed by atoms with Crippen LogP contribution in [0.4, 0.5) is 0 Å². The second-order valence-corrected chi connectivity index (χ2v) is 5.58. The van der Waals surface area contributed by atoms with Crippen LogP contribution in [0.3, 0.4) is 0 Å². The number of benzene rings is 1. The van der Waals surface area contributed by atoms with E-state index >= 15 is 0 Å². The minimum atomic E-state index is 0.210. The van der Waals surface area contributed by atoms with Crippen LogP contribution in [0.15, 0.2) is 30.3 Å². The highest BCUT2D eigenvalue weighted by atomic mass is 15.1. The largest absolute Gasteiger partial charge is 0.313 e. The number of nitrogens with zero attached hydrogens (tertiary/aromatic N) is 1. The molecule has 0 bridgehead atoms. The van der Waals surface area contributed by atoms with Crippen molar-refractivity contribution in [2.75, 3.05) is 26.7 Å². The molecule has 0 fully saturated rings. The van der Waals surface area contributed by atoms with Crippen LogP contribution < -0.4 is 5.32 Å². The Balaban J connectivity index is 2.86. The highest BCUT2D eigenvalue weighted by Gasteiger charge is 2.30. The fraction of sp³-hybridized carbons (Fsp3) is 0.625. The van der Waals surface area contributed by atoms with Crippen LogP contribution in [0, 0.1) is 5.41 Å². The van der Waals surface area contributed by atoms with Crippen molar-refractivity contribution in [3.63, 3.8) is 0 Å². The molecule has 1 unspecified atom stereocenters. The van der Waals surface area contributed by atoms with Crippen molar-refractivity contribution in [2.45, 2.75) is 33.7 Å². The number of nitrogens with one attached hydrogen (secondary N) is 1. The van der Waals surface area contributed by atoms with E-state index in [0.29, 0.717) is 6.04 Å². The van der Waals surface area contributed by atoms with Gasteiger partial charge in [-0.25, -0.2) is 0 Å². The van der Waals surface area contributed by atoms with Gasteiger partial charge in [0.1, 0.15) is 0 Å². The van der Waals surface area contributed by atoms with Crippen molar-refractivity contribution in [1.82, 2.24) is 10.2 Å². The highest BCUT2D eigenvalue weighted by Crippen LogP contribution is 2.33. The summed E-state index contributed by atoms with van der Waals surface area (Å²) in [5.41, 5.74) is 1.58. The number of hydrogen-bond acceptors (Lipinski definition) is 2. The molecule has 0 amide bonds. The average Bonchev–Trinajstić information content (AvgIpc) is 2.37. The van der Waals surface area contributed by atoms with Crippen molar-refractivity contribution in [2.24, 2.45) is 5.41 Å². The average molecular weight is 248 g/mol. The molecule has 2 nitrogen and oxygen atoms in total.